The minimum Gasteiger partial charge on any atom is -0.428 e. The molecule has 88 valence electrons. The largest absolute Gasteiger partial charge is 0.428 e. The monoisotopic (exact) mass is 234 g/mol. The van der Waals surface area contributed by atoms with Crippen LogP contribution in [0.4, 0.5) is 4.79 Å². The molecule has 0 heterocycles. The number of thioether (sulfide) groups is 1. The van der Waals surface area contributed by atoms with E-state index in [1.807, 2.05) is 27.7 Å². The Hall–Kier alpha value is -0.710. The topological polar surface area (TPSA) is 52.6 Å². The van der Waals surface area contributed by atoms with Crippen molar-refractivity contribution < 1.29 is 19.1 Å². The van der Waals surface area contributed by atoms with Gasteiger partial charge in [0, 0.05) is 5.75 Å². The Kier molecular flexibility index (Phi) is 6.40. The van der Waals surface area contributed by atoms with Gasteiger partial charge in [-0.15, -0.1) is 0 Å². The number of carbonyl (C=O) groups is 2. The molecular formula is C10H18O4S. The van der Waals surface area contributed by atoms with Gasteiger partial charge < -0.3 is 9.47 Å². The van der Waals surface area contributed by atoms with E-state index in [1.165, 1.54) is 0 Å². The summed E-state index contributed by atoms with van der Waals surface area (Å²) in [5.41, 5.74) is -0.112. The van der Waals surface area contributed by atoms with Gasteiger partial charge in [0.05, 0.1) is 6.42 Å². The molecule has 4 nitrogen and oxygen atoms in total. The molecule has 0 spiro atoms. The average molecular weight is 234 g/mol. The van der Waals surface area contributed by atoms with Gasteiger partial charge in [0.25, 0.3) is 0 Å². The van der Waals surface area contributed by atoms with E-state index >= 15 is 0 Å². The van der Waals surface area contributed by atoms with Crippen LogP contribution in [0.1, 0.15) is 34.1 Å². The van der Waals surface area contributed by atoms with Crippen molar-refractivity contribution in [1.82, 2.24) is 0 Å². The molecule has 15 heavy (non-hydrogen) atoms. The van der Waals surface area contributed by atoms with Gasteiger partial charge >= 0.3 is 11.3 Å². The Balaban J connectivity index is 3.60. The van der Waals surface area contributed by atoms with Crippen molar-refractivity contribution in [3.8, 4) is 0 Å². The molecule has 0 rings (SSSR count). The van der Waals surface area contributed by atoms with Crippen LogP contribution in [0.3, 0.4) is 0 Å². The van der Waals surface area contributed by atoms with Gasteiger partial charge in [-0.1, -0.05) is 27.7 Å². The Bertz CT molecular complexity index is 220. The summed E-state index contributed by atoms with van der Waals surface area (Å²) in [5, 5.41) is -0.416. The maximum atomic E-state index is 11.2. The quantitative estimate of drug-likeness (QED) is 0.553. The average Bonchev–Trinajstić information content (AvgIpc) is 2.00. The van der Waals surface area contributed by atoms with Gasteiger partial charge in [-0.2, -0.15) is 0 Å². The predicted octanol–water partition coefficient (Wildman–Crippen LogP) is 2.81. The third kappa shape index (κ3) is 9.59. The molecule has 5 heteroatoms. The van der Waals surface area contributed by atoms with E-state index in [0.717, 1.165) is 11.8 Å². The number of ether oxygens (including phenoxy) is 2. The molecule has 0 unspecified atom stereocenters. The number of carbonyl (C=O) groups excluding carboxylic acids is 2. The Morgan fingerprint density at radius 3 is 2.27 bits per heavy atom. The SMILES string of the molecule is CCSC(=O)OCOC(=O)CC(C)(C)C. The van der Waals surface area contributed by atoms with Crippen LogP contribution in [-0.4, -0.2) is 23.8 Å². The van der Waals surface area contributed by atoms with Crippen molar-refractivity contribution in [2.45, 2.75) is 34.1 Å². The van der Waals surface area contributed by atoms with Gasteiger partial charge in [0.15, 0.2) is 0 Å². The molecule has 0 saturated carbocycles. The summed E-state index contributed by atoms with van der Waals surface area (Å²) < 4.78 is 9.39. The molecule has 0 aliphatic carbocycles. The molecule has 0 radical (unpaired) electrons. The van der Waals surface area contributed by atoms with E-state index in [9.17, 15) is 9.59 Å². The van der Waals surface area contributed by atoms with Gasteiger partial charge in [0.2, 0.25) is 6.79 Å². The molecule has 0 amide bonds. The number of rotatable bonds is 4. The van der Waals surface area contributed by atoms with Gasteiger partial charge in [-0.05, 0) is 17.2 Å². The van der Waals surface area contributed by atoms with Crippen LogP contribution < -0.4 is 0 Å². The second-order valence-electron chi connectivity index (χ2n) is 4.20. The van der Waals surface area contributed by atoms with Crippen molar-refractivity contribution >= 4 is 23.0 Å². The highest BCUT2D eigenvalue weighted by atomic mass is 32.2. The summed E-state index contributed by atoms with van der Waals surface area (Å²) in [6.07, 6.45) is 0.311. The molecule has 0 atom stereocenters. The second kappa shape index (κ2) is 6.71. The lowest BCUT2D eigenvalue weighted by atomic mass is 9.93. The third-order valence-electron chi connectivity index (χ3n) is 1.33. The van der Waals surface area contributed by atoms with E-state index in [0.29, 0.717) is 12.2 Å². The Labute approximate surface area is 94.7 Å². The standard InChI is InChI=1S/C10H18O4S/c1-5-15-9(12)14-7-13-8(11)6-10(2,3)4/h5-7H2,1-4H3. The highest BCUT2D eigenvalue weighted by molar-refractivity contribution is 8.13. The Morgan fingerprint density at radius 2 is 1.80 bits per heavy atom. The lowest BCUT2D eigenvalue weighted by Gasteiger charge is -2.16. The van der Waals surface area contributed by atoms with Crippen LogP contribution >= 0.6 is 11.8 Å². The number of esters is 1. The smallest absolute Gasteiger partial charge is 0.370 e. The maximum Gasteiger partial charge on any atom is 0.370 e. The summed E-state index contributed by atoms with van der Waals surface area (Å²) in [6, 6.07) is 0. The van der Waals surface area contributed by atoms with Crippen LogP contribution in [0.15, 0.2) is 0 Å². The van der Waals surface area contributed by atoms with E-state index in [-0.39, 0.29) is 18.2 Å². The van der Waals surface area contributed by atoms with Crippen molar-refractivity contribution in [3.05, 3.63) is 0 Å². The first-order chi connectivity index (χ1) is 6.85. The lowest BCUT2D eigenvalue weighted by molar-refractivity contribution is -0.153. The molecule has 0 saturated heterocycles. The summed E-state index contributed by atoms with van der Waals surface area (Å²) in [6.45, 7) is 7.37. The van der Waals surface area contributed by atoms with E-state index < -0.39 is 5.30 Å². The Morgan fingerprint density at radius 1 is 1.20 bits per heavy atom. The second-order valence-corrected chi connectivity index (χ2v) is 5.40. The van der Waals surface area contributed by atoms with Crippen molar-refractivity contribution in [2.75, 3.05) is 12.5 Å². The molecule has 0 N–H and O–H groups in total. The zero-order valence-corrected chi connectivity index (χ0v) is 10.5. The fraction of sp³-hybridized carbons (Fsp3) is 0.800. The predicted molar refractivity (Wildman–Crippen MR) is 59.6 cm³/mol. The maximum absolute atomic E-state index is 11.2. The lowest BCUT2D eigenvalue weighted by Crippen LogP contribution is -2.17. The summed E-state index contributed by atoms with van der Waals surface area (Å²) in [7, 11) is 0. The van der Waals surface area contributed by atoms with Gasteiger partial charge in [0.1, 0.15) is 0 Å². The zero-order valence-electron chi connectivity index (χ0n) is 9.66. The first kappa shape index (κ1) is 14.3. The first-order valence-corrected chi connectivity index (χ1v) is 5.79. The van der Waals surface area contributed by atoms with Crippen LogP contribution in [0.5, 0.6) is 0 Å². The van der Waals surface area contributed by atoms with E-state index in [4.69, 9.17) is 4.74 Å². The fourth-order valence-corrected chi connectivity index (χ4v) is 1.15. The van der Waals surface area contributed by atoms with Crippen LogP contribution in [0.2, 0.25) is 0 Å². The summed E-state index contributed by atoms with van der Waals surface area (Å²) in [5.74, 6) is 0.297. The third-order valence-corrected chi connectivity index (χ3v) is 1.98. The normalized spacial score (nSPS) is 10.9. The number of hydrogen-bond donors (Lipinski definition) is 0. The molecule has 0 aliphatic rings. The molecule has 0 aromatic rings. The summed E-state index contributed by atoms with van der Waals surface area (Å²) in [4.78, 5) is 22.0. The van der Waals surface area contributed by atoms with Gasteiger partial charge in [-0.25, -0.2) is 4.79 Å². The molecule has 0 aromatic heterocycles. The highest BCUT2D eigenvalue weighted by Crippen LogP contribution is 2.18. The molecule has 0 aliphatic heterocycles. The van der Waals surface area contributed by atoms with E-state index in [2.05, 4.69) is 4.74 Å². The number of hydrogen-bond acceptors (Lipinski definition) is 5. The molecule has 0 bridgehead atoms. The molecule has 0 aromatic carbocycles. The fourth-order valence-electron chi connectivity index (χ4n) is 0.787. The summed E-state index contributed by atoms with van der Waals surface area (Å²) >= 11 is 1.04. The van der Waals surface area contributed by atoms with Gasteiger partial charge in [-0.3, -0.25) is 4.79 Å². The zero-order chi connectivity index (χ0) is 11.9. The van der Waals surface area contributed by atoms with Crippen LogP contribution in [0, 0.1) is 5.41 Å². The molecular weight excluding hydrogens is 216 g/mol. The van der Waals surface area contributed by atoms with Crippen LogP contribution in [-0.2, 0) is 14.3 Å². The van der Waals surface area contributed by atoms with Crippen molar-refractivity contribution in [1.29, 1.82) is 0 Å². The minimum absolute atomic E-state index is 0.112. The highest BCUT2D eigenvalue weighted by Gasteiger charge is 2.17. The van der Waals surface area contributed by atoms with Crippen molar-refractivity contribution in [2.24, 2.45) is 5.41 Å². The first-order valence-electron chi connectivity index (χ1n) is 4.80. The van der Waals surface area contributed by atoms with E-state index in [1.54, 1.807) is 0 Å². The minimum atomic E-state index is -0.416. The molecule has 0 fully saturated rings. The van der Waals surface area contributed by atoms with Crippen molar-refractivity contribution in [3.63, 3.8) is 0 Å². The van der Waals surface area contributed by atoms with Crippen LogP contribution in [0.25, 0.3) is 0 Å².